The van der Waals surface area contributed by atoms with Crippen molar-refractivity contribution in [2.75, 3.05) is 0 Å². The number of hydrogen-bond acceptors (Lipinski definition) is 4. The molecule has 1 aliphatic carbocycles. The third-order valence-electron chi connectivity index (χ3n) is 3.99. The van der Waals surface area contributed by atoms with Crippen LogP contribution in [0.5, 0.6) is 0 Å². The lowest BCUT2D eigenvalue weighted by molar-refractivity contribution is 0.372. The Bertz CT molecular complexity index is 574. The average molecular weight is 302 g/mol. The summed E-state index contributed by atoms with van der Waals surface area (Å²) >= 11 is 3.45. The number of nitrogens with zero attached hydrogens (tertiary/aromatic N) is 1. The van der Waals surface area contributed by atoms with E-state index in [0.717, 1.165) is 17.3 Å². The van der Waals surface area contributed by atoms with Gasteiger partial charge in [0.25, 0.3) is 0 Å². The van der Waals surface area contributed by atoms with Crippen molar-refractivity contribution in [1.29, 1.82) is 5.26 Å². The van der Waals surface area contributed by atoms with Crippen molar-refractivity contribution in [2.45, 2.75) is 38.3 Å². The molecule has 4 heteroatoms. The van der Waals surface area contributed by atoms with Gasteiger partial charge in [-0.05, 0) is 42.3 Å². The molecule has 0 saturated heterocycles. The van der Waals surface area contributed by atoms with E-state index in [1.165, 1.54) is 35.4 Å². The second kappa shape index (κ2) is 6.53. The molecule has 20 heavy (non-hydrogen) atoms. The Hall–Kier alpha value is -1.15. The fourth-order valence-corrected chi connectivity index (χ4v) is 4.65. The van der Waals surface area contributed by atoms with Crippen LogP contribution in [0, 0.1) is 17.2 Å². The molecule has 2 heterocycles. The molecule has 0 aromatic carbocycles. The first-order valence-electron chi connectivity index (χ1n) is 7.12. The SMILES string of the molecule is N#Cc1ccc(CNC(c2cccs2)C2CCCC2)s1. The molecule has 2 aromatic rings. The zero-order valence-electron chi connectivity index (χ0n) is 11.3. The van der Waals surface area contributed by atoms with Crippen LogP contribution in [0.1, 0.15) is 46.4 Å². The lowest BCUT2D eigenvalue weighted by atomic mass is 9.96. The molecule has 1 atom stereocenters. The quantitative estimate of drug-likeness (QED) is 0.868. The van der Waals surface area contributed by atoms with Gasteiger partial charge >= 0.3 is 0 Å². The lowest BCUT2D eigenvalue weighted by Crippen LogP contribution is -2.25. The Balaban J connectivity index is 1.68. The van der Waals surface area contributed by atoms with Crippen LogP contribution in [0.3, 0.4) is 0 Å². The molecule has 1 unspecified atom stereocenters. The van der Waals surface area contributed by atoms with Crippen molar-refractivity contribution in [2.24, 2.45) is 5.92 Å². The topological polar surface area (TPSA) is 35.8 Å². The molecule has 104 valence electrons. The summed E-state index contributed by atoms with van der Waals surface area (Å²) in [6.45, 7) is 0.866. The summed E-state index contributed by atoms with van der Waals surface area (Å²) in [5.74, 6) is 0.768. The van der Waals surface area contributed by atoms with E-state index in [-0.39, 0.29) is 0 Å². The number of thiophene rings is 2. The maximum atomic E-state index is 8.89. The maximum Gasteiger partial charge on any atom is 0.110 e. The normalized spacial score (nSPS) is 17.1. The molecule has 1 aliphatic rings. The van der Waals surface area contributed by atoms with E-state index in [2.05, 4.69) is 35.0 Å². The van der Waals surface area contributed by atoms with Gasteiger partial charge in [-0.1, -0.05) is 18.9 Å². The lowest BCUT2D eigenvalue weighted by Gasteiger charge is -2.23. The molecule has 0 amide bonds. The zero-order chi connectivity index (χ0) is 13.8. The molecule has 2 aromatic heterocycles. The van der Waals surface area contributed by atoms with E-state index in [4.69, 9.17) is 5.26 Å². The second-order valence-corrected chi connectivity index (χ2v) is 7.44. The van der Waals surface area contributed by atoms with Gasteiger partial charge in [0.2, 0.25) is 0 Å². The van der Waals surface area contributed by atoms with Crippen LogP contribution < -0.4 is 5.32 Å². The highest BCUT2D eigenvalue weighted by atomic mass is 32.1. The predicted molar refractivity (Wildman–Crippen MR) is 84.9 cm³/mol. The van der Waals surface area contributed by atoms with Crippen LogP contribution in [-0.4, -0.2) is 0 Å². The third kappa shape index (κ3) is 3.12. The van der Waals surface area contributed by atoms with Gasteiger partial charge in [-0.3, -0.25) is 0 Å². The summed E-state index contributed by atoms with van der Waals surface area (Å²) in [7, 11) is 0. The first-order chi connectivity index (χ1) is 9.86. The summed E-state index contributed by atoms with van der Waals surface area (Å²) < 4.78 is 0. The third-order valence-corrected chi connectivity index (χ3v) is 5.93. The van der Waals surface area contributed by atoms with Gasteiger partial charge in [0.05, 0.1) is 0 Å². The second-order valence-electron chi connectivity index (χ2n) is 5.30. The zero-order valence-corrected chi connectivity index (χ0v) is 13.0. The van der Waals surface area contributed by atoms with Crippen LogP contribution in [0.15, 0.2) is 29.6 Å². The number of hydrogen-bond donors (Lipinski definition) is 1. The van der Waals surface area contributed by atoms with Crippen molar-refractivity contribution < 1.29 is 0 Å². The van der Waals surface area contributed by atoms with Gasteiger partial charge in [-0.25, -0.2) is 0 Å². The molecule has 0 spiro atoms. The van der Waals surface area contributed by atoms with E-state index in [0.29, 0.717) is 6.04 Å². The molecule has 1 fully saturated rings. The smallest absolute Gasteiger partial charge is 0.110 e. The first kappa shape index (κ1) is 13.8. The van der Waals surface area contributed by atoms with Gasteiger partial charge < -0.3 is 5.32 Å². The van der Waals surface area contributed by atoms with Crippen molar-refractivity contribution in [3.63, 3.8) is 0 Å². The fourth-order valence-electron chi connectivity index (χ4n) is 3.00. The van der Waals surface area contributed by atoms with Crippen LogP contribution in [0.2, 0.25) is 0 Å². The molecular formula is C16H18N2S2. The Morgan fingerprint density at radius 1 is 1.30 bits per heavy atom. The highest BCUT2D eigenvalue weighted by molar-refractivity contribution is 7.12. The van der Waals surface area contributed by atoms with Gasteiger partial charge in [-0.2, -0.15) is 5.26 Å². The van der Waals surface area contributed by atoms with Crippen LogP contribution in [0.4, 0.5) is 0 Å². The fraction of sp³-hybridized carbons (Fsp3) is 0.438. The largest absolute Gasteiger partial charge is 0.304 e. The van der Waals surface area contributed by atoms with Crippen molar-refractivity contribution in [3.8, 4) is 6.07 Å². The Morgan fingerprint density at radius 3 is 2.80 bits per heavy atom. The molecule has 0 bridgehead atoms. The van der Waals surface area contributed by atoms with Crippen LogP contribution >= 0.6 is 22.7 Å². The molecule has 0 aliphatic heterocycles. The molecule has 2 nitrogen and oxygen atoms in total. The van der Waals surface area contributed by atoms with Gasteiger partial charge in [-0.15, -0.1) is 22.7 Å². The van der Waals surface area contributed by atoms with E-state index >= 15 is 0 Å². The molecule has 1 N–H and O–H groups in total. The number of nitrogens with one attached hydrogen (secondary N) is 1. The van der Waals surface area contributed by atoms with E-state index in [1.54, 1.807) is 11.3 Å². The van der Waals surface area contributed by atoms with Crippen molar-refractivity contribution in [3.05, 3.63) is 44.3 Å². The van der Waals surface area contributed by atoms with E-state index in [9.17, 15) is 0 Å². The summed E-state index contributed by atoms with van der Waals surface area (Å²) in [5.41, 5.74) is 0. The predicted octanol–water partition coefficient (Wildman–Crippen LogP) is 4.70. The molecule has 0 radical (unpaired) electrons. The summed E-state index contributed by atoms with van der Waals surface area (Å²) in [5, 5.41) is 14.8. The minimum Gasteiger partial charge on any atom is -0.304 e. The minimum atomic E-state index is 0.477. The average Bonchev–Trinajstić information content (AvgIpc) is 3.22. The molecule has 1 saturated carbocycles. The number of nitriles is 1. The van der Waals surface area contributed by atoms with Crippen molar-refractivity contribution >= 4 is 22.7 Å². The monoisotopic (exact) mass is 302 g/mol. The standard InChI is InChI=1S/C16H18N2S2/c17-10-13-7-8-14(20-13)11-18-16(12-4-1-2-5-12)15-6-3-9-19-15/h3,6-9,12,16,18H,1-2,4-5,11H2. The summed E-state index contributed by atoms with van der Waals surface area (Å²) in [6, 6.07) is 11.1. The van der Waals surface area contributed by atoms with E-state index in [1.807, 2.05) is 17.4 Å². The number of rotatable bonds is 5. The van der Waals surface area contributed by atoms with Gasteiger partial charge in [0.1, 0.15) is 10.9 Å². The maximum absolute atomic E-state index is 8.89. The minimum absolute atomic E-state index is 0.477. The highest BCUT2D eigenvalue weighted by Gasteiger charge is 2.26. The highest BCUT2D eigenvalue weighted by Crippen LogP contribution is 2.37. The van der Waals surface area contributed by atoms with Gasteiger partial charge in [0.15, 0.2) is 0 Å². The van der Waals surface area contributed by atoms with Gasteiger partial charge in [0, 0.05) is 22.3 Å². The van der Waals surface area contributed by atoms with E-state index < -0.39 is 0 Å². The Labute approximate surface area is 128 Å². The molecule has 3 rings (SSSR count). The Kier molecular flexibility index (Phi) is 4.51. The summed E-state index contributed by atoms with van der Waals surface area (Å²) in [6.07, 6.45) is 5.41. The summed E-state index contributed by atoms with van der Waals surface area (Å²) in [4.78, 5) is 3.51. The van der Waals surface area contributed by atoms with Crippen molar-refractivity contribution in [1.82, 2.24) is 5.32 Å². The Morgan fingerprint density at radius 2 is 2.15 bits per heavy atom. The molecular weight excluding hydrogens is 284 g/mol. The first-order valence-corrected chi connectivity index (χ1v) is 8.82. The van der Waals surface area contributed by atoms with Crippen LogP contribution in [-0.2, 0) is 6.54 Å². The van der Waals surface area contributed by atoms with Crippen LogP contribution in [0.25, 0.3) is 0 Å².